The van der Waals surface area contributed by atoms with Gasteiger partial charge in [0.1, 0.15) is 5.02 Å². The Morgan fingerprint density at radius 2 is 2.15 bits per heavy atom. The van der Waals surface area contributed by atoms with Crippen LogP contribution < -0.4 is 5.56 Å². The number of aromatic nitrogens is 3. The third-order valence-electron chi connectivity index (χ3n) is 2.76. The lowest BCUT2D eigenvalue weighted by atomic mass is 10.3. The van der Waals surface area contributed by atoms with E-state index in [2.05, 4.69) is 9.97 Å². The molecule has 0 saturated heterocycles. The summed E-state index contributed by atoms with van der Waals surface area (Å²) in [6.45, 7) is 3.80. The van der Waals surface area contributed by atoms with E-state index in [-0.39, 0.29) is 10.6 Å². The van der Waals surface area contributed by atoms with Gasteiger partial charge in [0.2, 0.25) is 0 Å². The number of halogens is 1. The molecule has 3 aromatic heterocycles. The molecule has 4 nitrogen and oxygen atoms in total. The van der Waals surface area contributed by atoms with Gasteiger partial charge in [-0.2, -0.15) is 0 Å². The molecule has 0 fully saturated rings. The zero-order valence-corrected chi connectivity index (χ0v) is 13.1. The lowest BCUT2D eigenvalue weighted by Gasteiger charge is -2.00. The molecule has 0 amide bonds. The minimum Gasteiger partial charge on any atom is -0.267 e. The second-order valence-corrected chi connectivity index (χ2v) is 6.71. The molecule has 0 aliphatic carbocycles. The van der Waals surface area contributed by atoms with Gasteiger partial charge in [-0.3, -0.25) is 9.20 Å². The zero-order valence-electron chi connectivity index (χ0n) is 10.8. The highest BCUT2D eigenvalue weighted by Gasteiger charge is 2.11. The van der Waals surface area contributed by atoms with Gasteiger partial charge in [0.15, 0.2) is 4.96 Å². The fraction of sp³-hybridized carbons (Fsp3) is 0.154. The van der Waals surface area contributed by atoms with Crippen LogP contribution in [-0.2, 0) is 0 Å². The van der Waals surface area contributed by atoms with E-state index in [1.807, 2.05) is 25.3 Å². The van der Waals surface area contributed by atoms with Crippen LogP contribution >= 0.6 is 34.3 Å². The van der Waals surface area contributed by atoms with E-state index < -0.39 is 0 Å². The summed E-state index contributed by atoms with van der Waals surface area (Å²) in [5, 5.41) is 3.02. The maximum Gasteiger partial charge on any atom is 0.278 e. The molecular formula is C13H10ClN3OS2. The summed E-state index contributed by atoms with van der Waals surface area (Å²) < 4.78 is 1.53. The van der Waals surface area contributed by atoms with Crippen LogP contribution in [-0.4, -0.2) is 14.4 Å². The van der Waals surface area contributed by atoms with Crippen molar-refractivity contribution in [2.45, 2.75) is 13.8 Å². The molecule has 0 aromatic carbocycles. The third-order valence-corrected chi connectivity index (χ3v) is 4.93. The lowest BCUT2D eigenvalue weighted by molar-refractivity contribution is 1.02. The van der Waals surface area contributed by atoms with Crippen molar-refractivity contribution in [3.63, 3.8) is 0 Å². The Morgan fingerprint density at radius 1 is 1.35 bits per heavy atom. The van der Waals surface area contributed by atoms with E-state index in [9.17, 15) is 4.79 Å². The number of hydrogen-bond donors (Lipinski definition) is 0. The Balaban J connectivity index is 2.10. The molecule has 7 heteroatoms. The number of nitrogens with zero attached hydrogens (tertiary/aromatic N) is 3. The summed E-state index contributed by atoms with van der Waals surface area (Å²) in [5.41, 5.74) is 1.11. The monoisotopic (exact) mass is 323 g/mol. The quantitative estimate of drug-likeness (QED) is 0.723. The van der Waals surface area contributed by atoms with E-state index in [4.69, 9.17) is 11.6 Å². The molecule has 0 N–H and O–H groups in total. The first kappa shape index (κ1) is 13.5. The minimum atomic E-state index is -0.226. The SMILES string of the molecule is Cc1ncc(/C=C/c2nc3scc(C)n3c(=O)c2Cl)s1. The second-order valence-electron chi connectivity index (χ2n) is 4.23. The molecule has 3 rings (SSSR count). The maximum absolute atomic E-state index is 12.2. The molecule has 20 heavy (non-hydrogen) atoms. The zero-order chi connectivity index (χ0) is 14.3. The Morgan fingerprint density at radius 3 is 2.85 bits per heavy atom. The summed E-state index contributed by atoms with van der Waals surface area (Å²) in [7, 11) is 0. The van der Waals surface area contributed by atoms with Crippen LogP contribution in [0, 0.1) is 13.8 Å². The first-order valence-electron chi connectivity index (χ1n) is 5.83. The van der Waals surface area contributed by atoms with E-state index in [0.29, 0.717) is 10.7 Å². The minimum absolute atomic E-state index is 0.140. The van der Waals surface area contributed by atoms with Crippen molar-refractivity contribution in [2.75, 3.05) is 0 Å². The van der Waals surface area contributed by atoms with Gasteiger partial charge >= 0.3 is 0 Å². The van der Waals surface area contributed by atoms with Crippen LogP contribution in [0.2, 0.25) is 5.02 Å². The first-order chi connectivity index (χ1) is 9.56. The molecule has 3 aromatic rings. The number of fused-ring (bicyclic) bond motifs is 1. The van der Waals surface area contributed by atoms with Crippen molar-refractivity contribution in [3.8, 4) is 0 Å². The number of aryl methyl sites for hydroxylation is 2. The number of hydrogen-bond acceptors (Lipinski definition) is 5. The fourth-order valence-electron chi connectivity index (χ4n) is 1.80. The van der Waals surface area contributed by atoms with E-state index in [1.54, 1.807) is 23.6 Å². The topological polar surface area (TPSA) is 47.3 Å². The van der Waals surface area contributed by atoms with Gasteiger partial charge in [-0.05, 0) is 26.0 Å². The largest absolute Gasteiger partial charge is 0.278 e. The standard InChI is InChI=1S/C13H10ClN3OS2/c1-7-6-19-13-16-10(11(14)12(18)17(7)13)4-3-9-5-15-8(2)20-9/h3-6H,1-2H3/b4-3+. The summed E-state index contributed by atoms with van der Waals surface area (Å²) in [6, 6.07) is 0. The van der Waals surface area contributed by atoms with Gasteiger partial charge in [0.05, 0.1) is 10.7 Å². The van der Waals surface area contributed by atoms with Crippen LogP contribution in [0.4, 0.5) is 0 Å². The first-order valence-corrected chi connectivity index (χ1v) is 7.90. The summed E-state index contributed by atoms with van der Waals surface area (Å²) in [5.74, 6) is 0. The van der Waals surface area contributed by atoms with Gasteiger partial charge in [-0.15, -0.1) is 22.7 Å². The summed E-state index contributed by atoms with van der Waals surface area (Å²) >= 11 is 9.12. The molecule has 0 atom stereocenters. The summed E-state index contributed by atoms with van der Waals surface area (Å²) in [6.07, 6.45) is 5.41. The van der Waals surface area contributed by atoms with Crippen LogP contribution in [0.15, 0.2) is 16.4 Å². The normalized spacial score (nSPS) is 11.8. The van der Waals surface area contributed by atoms with Crippen LogP contribution in [0.1, 0.15) is 21.3 Å². The molecule has 102 valence electrons. The predicted octanol–water partition coefficient (Wildman–Crippen LogP) is 3.65. The molecule has 0 bridgehead atoms. The highest BCUT2D eigenvalue weighted by atomic mass is 35.5. The van der Waals surface area contributed by atoms with E-state index in [0.717, 1.165) is 15.6 Å². The highest BCUT2D eigenvalue weighted by molar-refractivity contribution is 7.15. The smallest absolute Gasteiger partial charge is 0.267 e. The van der Waals surface area contributed by atoms with Gasteiger partial charge < -0.3 is 0 Å². The molecule has 3 heterocycles. The van der Waals surface area contributed by atoms with Crippen molar-refractivity contribution in [2.24, 2.45) is 0 Å². The number of thiazole rings is 2. The lowest BCUT2D eigenvalue weighted by Crippen LogP contribution is -2.16. The highest BCUT2D eigenvalue weighted by Crippen LogP contribution is 2.20. The van der Waals surface area contributed by atoms with Crippen molar-refractivity contribution in [1.82, 2.24) is 14.4 Å². The molecule has 0 radical (unpaired) electrons. The maximum atomic E-state index is 12.2. The van der Waals surface area contributed by atoms with Gasteiger partial charge in [0.25, 0.3) is 5.56 Å². The Kier molecular flexibility index (Phi) is 3.45. The van der Waals surface area contributed by atoms with Gasteiger partial charge in [-0.1, -0.05) is 11.6 Å². The molecule has 0 aliphatic rings. The molecule has 0 aliphatic heterocycles. The second kappa shape index (κ2) is 5.12. The van der Waals surface area contributed by atoms with Crippen molar-refractivity contribution < 1.29 is 0 Å². The molecule has 0 spiro atoms. The average Bonchev–Trinajstić information content (AvgIpc) is 2.99. The van der Waals surface area contributed by atoms with Gasteiger partial charge in [0, 0.05) is 22.1 Å². The van der Waals surface area contributed by atoms with Crippen molar-refractivity contribution in [1.29, 1.82) is 0 Å². The van der Waals surface area contributed by atoms with Crippen LogP contribution in [0.5, 0.6) is 0 Å². The summed E-state index contributed by atoms with van der Waals surface area (Å²) in [4.78, 5) is 22.5. The molecule has 0 unspecified atom stereocenters. The van der Waals surface area contributed by atoms with Crippen molar-refractivity contribution >= 4 is 51.4 Å². The van der Waals surface area contributed by atoms with E-state index in [1.165, 1.54) is 15.7 Å². The predicted molar refractivity (Wildman–Crippen MR) is 84.9 cm³/mol. The number of rotatable bonds is 2. The van der Waals surface area contributed by atoms with Crippen LogP contribution in [0.25, 0.3) is 17.1 Å². The Bertz CT molecular complexity index is 875. The molecular weight excluding hydrogens is 314 g/mol. The van der Waals surface area contributed by atoms with Crippen molar-refractivity contribution in [3.05, 3.63) is 48.2 Å². The van der Waals surface area contributed by atoms with E-state index >= 15 is 0 Å². The Labute approximate surface area is 128 Å². The third kappa shape index (κ3) is 2.30. The van der Waals surface area contributed by atoms with Gasteiger partial charge in [-0.25, -0.2) is 9.97 Å². The average molecular weight is 324 g/mol. The Hall–Kier alpha value is -1.50. The fourth-order valence-corrected chi connectivity index (χ4v) is 3.55. The van der Waals surface area contributed by atoms with Crippen LogP contribution in [0.3, 0.4) is 0 Å². The molecule has 0 saturated carbocycles.